The van der Waals surface area contributed by atoms with E-state index in [2.05, 4.69) is 0 Å². The van der Waals surface area contributed by atoms with E-state index >= 15 is 0 Å². The summed E-state index contributed by atoms with van der Waals surface area (Å²) >= 11 is 0. The largest absolute Gasteiger partial charge is 0.341 e. The van der Waals surface area contributed by atoms with Crippen molar-refractivity contribution < 1.29 is 14.0 Å². The average Bonchev–Trinajstić information content (AvgIpc) is 2.63. The zero-order valence-corrected chi connectivity index (χ0v) is 14.8. The predicted octanol–water partition coefficient (Wildman–Crippen LogP) is 3.01. The van der Waals surface area contributed by atoms with E-state index in [-0.39, 0.29) is 24.2 Å². The fourth-order valence-corrected chi connectivity index (χ4v) is 3.88. The van der Waals surface area contributed by atoms with Gasteiger partial charge < -0.3 is 9.80 Å². The Kier molecular flexibility index (Phi) is 6.05. The lowest BCUT2D eigenvalue weighted by Gasteiger charge is -2.35. The highest BCUT2D eigenvalue weighted by Crippen LogP contribution is 2.23. The van der Waals surface area contributed by atoms with Crippen LogP contribution in [-0.4, -0.2) is 47.8 Å². The molecule has 2 aliphatic heterocycles. The van der Waals surface area contributed by atoms with Gasteiger partial charge in [-0.1, -0.05) is 18.2 Å². The van der Waals surface area contributed by atoms with Crippen molar-refractivity contribution in [2.45, 2.75) is 44.9 Å². The van der Waals surface area contributed by atoms with Gasteiger partial charge in [0.05, 0.1) is 6.54 Å². The second kappa shape index (κ2) is 8.45. The van der Waals surface area contributed by atoms with E-state index in [0.717, 1.165) is 50.8 Å². The Morgan fingerprint density at radius 1 is 1.16 bits per heavy atom. The number of carbonyl (C=O) groups excluding carboxylic acids is 2. The van der Waals surface area contributed by atoms with Gasteiger partial charge in [0.1, 0.15) is 5.82 Å². The molecule has 1 aromatic carbocycles. The van der Waals surface area contributed by atoms with Crippen LogP contribution in [0.3, 0.4) is 0 Å². The number of halogens is 1. The van der Waals surface area contributed by atoms with Crippen molar-refractivity contribution in [1.29, 1.82) is 0 Å². The Bertz CT molecular complexity index is 619. The van der Waals surface area contributed by atoms with Crippen molar-refractivity contribution >= 4 is 11.8 Å². The molecule has 1 atom stereocenters. The van der Waals surface area contributed by atoms with Gasteiger partial charge in [0.2, 0.25) is 11.8 Å². The maximum atomic E-state index is 13.7. The SMILES string of the molecule is O=C1CCCCN1CC(=O)N1CCCC(CCc2ccccc2F)C1. The van der Waals surface area contributed by atoms with Crippen LogP contribution in [0, 0.1) is 11.7 Å². The van der Waals surface area contributed by atoms with Crippen LogP contribution >= 0.6 is 0 Å². The van der Waals surface area contributed by atoms with Crippen LogP contribution in [0.4, 0.5) is 4.39 Å². The van der Waals surface area contributed by atoms with Gasteiger partial charge in [0.25, 0.3) is 0 Å². The molecule has 5 heteroatoms. The van der Waals surface area contributed by atoms with Gasteiger partial charge in [0, 0.05) is 26.1 Å². The molecule has 2 fully saturated rings. The first kappa shape index (κ1) is 17.9. The standard InChI is InChI=1S/C20H27FN2O2/c21-18-8-2-1-7-17(18)11-10-16-6-5-13-22(14-16)20(25)15-23-12-4-3-9-19(23)24/h1-2,7-8,16H,3-6,9-15H2. The Hall–Kier alpha value is -1.91. The highest BCUT2D eigenvalue weighted by molar-refractivity contribution is 5.85. The van der Waals surface area contributed by atoms with Crippen LogP contribution in [0.1, 0.15) is 44.1 Å². The van der Waals surface area contributed by atoms with Gasteiger partial charge in [-0.3, -0.25) is 9.59 Å². The highest BCUT2D eigenvalue weighted by atomic mass is 19.1. The molecule has 2 amide bonds. The number of benzene rings is 1. The maximum absolute atomic E-state index is 13.7. The molecule has 0 bridgehead atoms. The second-order valence-electron chi connectivity index (χ2n) is 7.25. The summed E-state index contributed by atoms with van der Waals surface area (Å²) in [5, 5.41) is 0. The molecule has 0 saturated carbocycles. The summed E-state index contributed by atoms with van der Waals surface area (Å²) in [6.45, 7) is 2.43. The van der Waals surface area contributed by atoms with Gasteiger partial charge >= 0.3 is 0 Å². The lowest BCUT2D eigenvalue weighted by molar-refractivity contribution is -0.142. The van der Waals surface area contributed by atoms with Crippen molar-refractivity contribution in [3.8, 4) is 0 Å². The molecule has 136 valence electrons. The highest BCUT2D eigenvalue weighted by Gasteiger charge is 2.27. The fraction of sp³-hybridized carbons (Fsp3) is 0.600. The molecule has 0 radical (unpaired) electrons. The van der Waals surface area contributed by atoms with Crippen molar-refractivity contribution in [3.63, 3.8) is 0 Å². The van der Waals surface area contributed by atoms with E-state index in [4.69, 9.17) is 0 Å². The molecule has 3 rings (SSSR count). The first-order chi connectivity index (χ1) is 12.1. The number of carbonyl (C=O) groups is 2. The van der Waals surface area contributed by atoms with E-state index in [1.165, 1.54) is 6.07 Å². The minimum atomic E-state index is -0.144. The summed E-state index contributed by atoms with van der Waals surface area (Å²) in [5.74, 6) is 0.433. The normalized spacial score (nSPS) is 21.5. The molecule has 25 heavy (non-hydrogen) atoms. The van der Waals surface area contributed by atoms with Crippen molar-refractivity contribution in [1.82, 2.24) is 9.80 Å². The van der Waals surface area contributed by atoms with Gasteiger partial charge in [-0.05, 0) is 56.1 Å². The van der Waals surface area contributed by atoms with E-state index in [9.17, 15) is 14.0 Å². The van der Waals surface area contributed by atoms with E-state index in [1.807, 2.05) is 17.0 Å². The lowest BCUT2D eigenvalue weighted by Crippen LogP contribution is -2.47. The minimum absolute atomic E-state index is 0.0610. The molecule has 0 aromatic heterocycles. The molecule has 0 N–H and O–H groups in total. The zero-order chi connectivity index (χ0) is 17.6. The number of piperidine rings is 2. The summed E-state index contributed by atoms with van der Waals surface area (Å²) in [6, 6.07) is 6.91. The third kappa shape index (κ3) is 4.80. The van der Waals surface area contributed by atoms with Gasteiger partial charge in [-0.2, -0.15) is 0 Å². The maximum Gasteiger partial charge on any atom is 0.242 e. The summed E-state index contributed by atoms with van der Waals surface area (Å²) in [6.07, 6.45) is 6.17. The molecule has 1 unspecified atom stereocenters. The van der Waals surface area contributed by atoms with E-state index in [0.29, 0.717) is 25.3 Å². The number of aryl methyl sites for hydroxylation is 1. The molecular weight excluding hydrogens is 319 g/mol. The van der Waals surface area contributed by atoms with Gasteiger partial charge in [-0.25, -0.2) is 4.39 Å². The molecule has 2 saturated heterocycles. The molecule has 1 aromatic rings. The van der Waals surface area contributed by atoms with Crippen molar-refractivity contribution in [2.24, 2.45) is 5.92 Å². The van der Waals surface area contributed by atoms with Gasteiger partial charge in [-0.15, -0.1) is 0 Å². The van der Waals surface area contributed by atoms with Crippen LogP contribution < -0.4 is 0 Å². The monoisotopic (exact) mass is 346 g/mol. The Morgan fingerprint density at radius 2 is 2.00 bits per heavy atom. The minimum Gasteiger partial charge on any atom is -0.341 e. The lowest BCUT2D eigenvalue weighted by atomic mass is 9.91. The number of likely N-dealkylation sites (tertiary alicyclic amines) is 2. The predicted molar refractivity (Wildman–Crippen MR) is 94.5 cm³/mol. The molecule has 0 spiro atoms. The Morgan fingerprint density at radius 3 is 2.80 bits per heavy atom. The Labute approximate surface area is 149 Å². The Balaban J connectivity index is 1.49. The third-order valence-corrected chi connectivity index (χ3v) is 5.40. The zero-order valence-electron chi connectivity index (χ0n) is 14.8. The van der Waals surface area contributed by atoms with Crippen LogP contribution in [0.15, 0.2) is 24.3 Å². The summed E-state index contributed by atoms with van der Waals surface area (Å²) in [4.78, 5) is 28.0. The number of nitrogens with zero attached hydrogens (tertiary/aromatic N) is 2. The third-order valence-electron chi connectivity index (χ3n) is 5.40. The van der Waals surface area contributed by atoms with Crippen LogP contribution in [-0.2, 0) is 16.0 Å². The van der Waals surface area contributed by atoms with Crippen molar-refractivity contribution in [2.75, 3.05) is 26.2 Å². The summed E-state index contributed by atoms with van der Waals surface area (Å²) < 4.78 is 13.7. The topological polar surface area (TPSA) is 40.6 Å². The van der Waals surface area contributed by atoms with Crippen LogP contribution in [0.5, 0.6) is 0 Å². The van der Waals surface area contributed by atoms with Crippen molar-refractivity contribution in [3.05, 3.63) is 35.6 Å². The molecule has 0 aliphatic carbocycles. The average molecular weight is 346 g/mol. The smallest absolute Gasteiger partial charge is 0.242 e. The van der Waals surface area contributed by atoms with E-state index < -0.39 is 0 Å². The number of hydrogen-bond acceptors (Lipinski definition) is 2. The molecule has 4 nitrogen and oxygen atoms in total. The number of rotatable bonds is 5. The first-order valence-corrected chi connectivity index (χ1v) is 9.42. The summed E-state index contributed by atoms with van der Waals surface area (Å²) in [7, 11) is 0. The number of amides is 2. The molecular formula is C20H27FN2O2. The fourth-order valence-electron chi connectivity index (χ4n) is 3.88. The number of hydrogen-bond donors (Lipinski definition) is 0. The molecule has 2 heterocycles. The van der Waals surface area contributed by atoms with Crippen LogP contribution in [0.25, 0.3) is 0 Å². The van der Waals surface area contributed by atoms with Crippen LogP contribution in [0.2, 0.25) is 0 Å². The van der Waals surface area contributed by atoms with Gasteiger partial charge in [0.15, 0.2) is 0 Å². The quantitative estimate of drug-likeness (QED) is 0.822. The second-order valence-corrected chi connectivity index (χ2v) is 7.25. The molecule has 2 aliphatic rings. The first-order valence-electron chi connectivity index (χ1n) is 9.42. The van der Waals surface area contributed by atoms with E-state index in [1.54, 1.807) is 11.0 Å². The summed E-state index contributed by atoms with van der Waals surface area (Å²) in [5.41, 5.74) is 0.755.